The Morgan fingerprint density at radius 1 is 1.29 bits per heavy atom. The van der Waals surface area contributed by atoms with E-state index in [0.717, 1.165) is 50.1 Å². The Kier molecular flexibility index (Phi) is 6.90. The standard InChI is InChI=1S/C18H29ClN4O/c1-20-17(23(4)13-15-6-5-7-16(19)12-15)21-14-18(22(2)3)8-10-24-11-9-18/h5-7,12H,8-11,13-14H2,1-4H3,(H,20,21). The van der Waals surface area contributed by atoms with Gasteiger partial charge in [-0.15, -0.1) is 0 Å². The lowest BCUT2D eigenvalue weighted by atomic mass is 9.88. The zero-order valence-electron chi connectivity index (χ0n) is 15.2. The number of benzene rings is 1. The van der Waals surface area contributed by atoms with E-state index in [1.165, 1.54) is 5.56 Å². The molecular weight excluding hydrogens is 324 g/mol. The molecule has 1 fully saturated rings. The SMILES string of the molecule is CN=C(NCC1(N(C)C)CCOCC1)N(C)Cc1cccc(Cl)c1. The number of likely N-dealkylation sites (N-methyl/N-ethyl adjacent to an activating group) is 1. The van der Waals surface area contributed by atoms with E-state index < -0.39 is 0 Å². The zero-order chi connectivity index (χ0) is 17.6. The molecule has 1 heterocycles. The third kappa shape index (κ3) is 4.85. The highest BCUT2D eigenvalue weighted by Crippen LogP contribution is 2.25. The van der Waals surface area contributed by atoms with Crippen LogP contribution < -0.4 is 5.32 Å². The van der Waals surface area contributed by atoms with Gasteiger partial charge in [-0.2, -0.15) is 0 Å². The van der Waals surface area contributed by atoms with Crippen LogP contribution in [-0.4, -0.2) is 69.2 Å². The Labute approximate surface area is 150 Å². The van der Waals surface area contributed by atoms with Crippen LogP contribution in [0.2, 0.25) is 5.02 Å². The van der Waals surface area contributed by atoms with Crippen molar-refractivity contribution in [2.45, 2.75) is 24.9 Å². The van der Waals surface area contributed by atoms with E-state index in [-0.39, 0.29) is 5.54 Å². The van der Waals surface area contributed by atoms with Crippen LogP contribution in [0.1, 0.15) is 18.4 Å². The first-order valence-electron chi connectivity index (χ1n) is 8.38. The van der Waals surface area contributed by atoms with Gasteiger partial charge in [0.25, 0.3) is 0 Å². The lowest BCUT2D eigenvalue weighted by Crippen LogP contribution is -2.57. The molecule has 134 valence electrons. The van der Waals surface area contributed by atoms with E-state index >= 15 is 0 Å². The Hall–Kier alpha value is -1.30. The van der Waals surface area contributed by atoms with Crippen LogP contribution in [0.3, 0.4) is 0 Å². The first kappa shape index (κ1) is 19.0. The smallest absolute Gasteiger partial charge is 0.193 e. The van der Waals surface area contributed by atoms with Crippen molar-refractivity contribution in [3.63, 3.8) is 0 Å². The summed E-state index contributed by atoms with van der Waals surface area (Å²) in [4.78, 5) is 8.86. The maximum absolute atomic E-state index is 6.08. The second-order valence-corrected chi connectivity index (χ2v) is 7.05. The van der Waals surface area contributed by atoms with E-state index in [4.69, 9.17) is 16.3 Å². The molecule has 2 rings (SSSR count). The van der Waals surface area contributed by atoms with Crippen molar-refractivity contribution in [3.05, 3.63) is 34.9 Å². The molecule has 0 atom stereocenters. The minimum Gasteiger partial charge on any atom is -0.381 e. The number of hydrogen-bond acceptors (Lipinski definition) is 3. The molecule has 0 aliphatic carbocycles. The number of ether oxygens (including phenoxy) is 1. The summed E-state index contributed by atoms with van der Waals surface area (Å²) in [6.07, 6.45) is 2.06. The van der Waals surface area contributed by atoms with Gasteiger partial charge in [0, 0.05) is 51.0 Å². The molecule has 1 aromatic carbocycles. The first-order valence-corrected chi connectivity index (χ1v) is 8.76. The van der Waals surface area contributed by atoms with E-state index in [2.05, 4.69) is 40.3 Å². The van der Waals surface area contributed by atoms with Crippen molar-refractivity contribution in [2.24, 2.45) is 4.99 Å². The molecule has 0 saturated carbocycles. The predicted molar refractivity (Wildman–Crippen MR) is 101 cm³/mol. The molecule has 1 saturated heterocycles. The summed E-state index contributed by atoms with van der Waals surface area (Å²) in [5.41, 5.74) is 1.28. The molecule has 0 radical (unpaired) electrons. The van der Waals surface area contributed by atoms with Gasteiger partial charge in [0.2, 0.25) is 0 Å². The largest absolute Gasteiger partial charge is 0.381 e. The normalized spacial score (nSPS) is 17.8. The van der Waals surface area contributed by atoms with Crippen molar-refractivity contribution in [3.8, 4) is 0 Å². The Morgan fingerprint density at radius 2 is 2.00 bits per heavy atom. The molecule has 1 aromatic rings. The quantitative estimate of drug-likeness (QED) is 0.652. The topological polar surface area (TPSA) is 40.1 Å². The van der Waals surface area contributed by atoms with Crippen molar-refractivity contribution in [2.75, 3.05) is 47.9 Å². The van der Waals surface area contributed by atoms with Crippen molar-refractivity contribution < 1.29 is 4.74 Å². The van der Waals surface area contributed by atoms with Crippen LogP contribution in [0, 0.1) is 0 Å². The third-order valence-electron chi connectivity index (χ3n) is 4.83. The summed E-state index contributed by atoms with van der Waals surface area (Å²) in [6.45, 7) is 3.25. The van der Waals surface area contributed by atoms with Gasteiger partial charge in [0.1, 0.15) is 0 Å². The van der Waals surface area contributed by atoms with Gasteiger partial charge in [-0.3, -0.25) is 4.99 Å². The Balaban J connectivity index is 1.98. The molecule has 1 aliphatic heterocycles. The lowest BCUT2D eigenvalue weighted by Gasteiger charge is -2.43. The molecule has 0 spiro atoms. The molecule has 5 nitrogen and oxygen atoms in total. The predicted octanol–water partition coefficient (Wildman–Crippen LogP) is 2.46. The van der Waals surface area contributed by atoms with E-state index in [0.29, 0.717) is 0 Å². The van der Waals surface area contributed by atoms with E-state index in [1.807, 2.05) is 32.3 Å². The maximum Gasteiger partial charge on any atom is 0.193 e. The van der Waals surface area contributed by atoms with Crippen LogP contribution in [0.4, 0.5) is 0 Å². The van der Waals surface area contributed by atoms with Crippen molar-refractivity contribution in [1.82, 2.24) is 15.1 Å². The number of nitrogens with zero attached hydrogens (tertiary/aromatic N) is 3. The fraction of sp³-hybridized carbons (Fsp3) is 0.611. The van der Waals surface area contributed by atoms with Crippen LogP contribution in [0.25, 0.3) is 0 Å². The molecule has 6 heteroatoms. The Morgan fingerprint density at radius 3 is 2.58 bits per heavy atom. The summed E-state index contributed by atoms with van der Waals surface area (Å²) < 4.78 is 5.54. The maximum atomic E-state index is 6.08. The van der Waals surface area contributed by atoms with E-state index in [1.54, 1.807) is 0 Å². The minimum absolute atomic E-state index is 0.116. The van der Waals surface area contributed by atoms with Gasteiger partial charge < -0.3 is 19.9 Å². The number of hydrogen-bond donors (Lipinski definition) is 1. The fourth-order valence-electron chi connectivity index (χ4n) is 3.15. The number of nitrogens with one attached hydrogen (secondary N) is 1. The lowest BCUT2D eigenvalue weighted by molar-refractivity contribution is -0.00522. The first-order chi connectivity index (χ1) is 11.5. The Bertz CT molecular complexity index is 556. The van der Waals surface area contributed by atoms with Gasteiger partial charge in [0.15, 0.2) is 5.96 Å². The van der Waals surface area contributed by atoms with E-state index in [9.17, 15) is 0 Å². The molecule has 0 aromatic heterocycles. The average Bonchev–Trinajstić information content (AvgIpc) is 2.56. The second kappa shape index (κ2) is 8.70. The molecular formula is C18H29ClN4O. The minimum atomic E-state index is 0.116. The fourth-order valence-corrected chi connectivity index (χ4v) is 3.36. The van der Waals surface area contributed by atoms with Crippen molar-refractivity contribution in [1.29, 1.82) is 0 Å². The molecule has 1 aliphatic rings. The van der Waals surface area contributed by atoms with Gasteiger partial charge in [0.05, 0.1) is 0 Å². The third-order valence-corrected chi connectivity index (χ3v) is 5.07. The highest BCUT2D eigenvalue weighted by Gasteiger charge is 2.35. The molecule has 0 bridgehead atoms. The molecule has 0 unspecified atom stereocenters. The summed E-state index contributed by atoms with van der Waals surface area (Å²) >= 11 is 6.08. The van der Waals surface area contributed by atoms with Gasteiger partial charge in [-0.25, -0.2) is 0 Å². The van der Waals surface area contributed by atoms with Gasteiger partial charge in [-0.1, -0.05) is 23.7 Å². The van der Waals surface area contributed by atoms with Crippen LogP contribution in [0.15, 0.2) is 29.3 Å². The summed E-state index contributed by atoms with van der Waals surface area (Å²) in [5.74, 6) is 0.891. The number of aliphatic imine (C=N–C) groups is 1. The highest BCUT2D eigenvalue weighted by atomic mass is 35.5. The van der Waals surface area contributed by atoms with Crippen LogP contribution in [0.5, 0.6) is 0 Å². The number of rotatable bonds is 5. The van der Waals surface area contributed by atoms with Crippen LogP contribution in [-0.2, 0) is 11.3 Å². The number of halogens is 1. The monoisotopic (exact) mass is 352 g/mol. The second-order valence-electron chi connectivity index (χ2n) is 6.62. The summed E-state index contributed by atoms with van der Waals surface area (Å²) in [6, 6.07) is 7.94. The number of guanidine groups is 1. The summed E-state index contributed by atoms with van der Waals surface area (Å²) in [5, 5.41) is 4.30. The highest BCUT2D eigenvalue weighted by molar-refractivity contribution is 6.30. The van der Waals surface area contributed by atoms with Gasteiger partial charge in [-0.05, 0) is 44.6 Å². The average molecular weight is 353 g/mol. The molecule has 0 amide bonds. The van der Waals surface area contributed by atoms with Gasteiger partial charge >= 0.3 is 0 Å². The molecule has 1 N–H and O–H groups in total. The molecule has 24 heavy (non-hydrogen) atoms. The van der Waals surface area contributed by atoms with Crippen LogP contribution >= 0.6 is 11.6 Å². The zero-order valence-corrected chi connectivity index (χ0v) is 15.9. The summed E-state index contributed by atoms with van der Waals surface area (Å²) in [7, 11) is 8.16. The van der Waals surface area contributed by atoms with Crippen molar-refractivity contribution >= 4 is 17.6 Å².